The maximum atomic E-state index is 14.8. The first-order valence-electron chi connectivity index (χ1n) is 9.49. The minimum Gasteiger partial charge on any atom is -0.380 e. The van der Waals surface area contributed by atoms with Crippen LogP contribution in [0.15, 0.2) is 12.1 Å². The number of rotatable bonds is 2. The van der Waals surface area contributed by atoms with E-state index < -0.39 is 7.14 Å². The Kier molecular flexibility index (Phi) is 5.55. The predicted molar refractivity (Wildman–Crippen MR) is 110 cm³/mol. The van der Waals surface area contributed by atoms with Gasteiger partial charge in [0.1, 0.15) is 5.82 Å². The third-order valence-electron chi connectivity index (χ3n) is 6.18. The van der Waals surface area contributed by atoms with Crippen molar-refractivity contribution in [3.63, 3.8) is 0 Å². The van der Waals surface area contributed by atoms with E-state index in [2.05, 4.69) is 4.98 Å². The van der Waals surface area contributed by atoms with Gasteiger partial charge >= 0.3 is 0 Å². The number of fused-ring (bicyclic) bond motifs is 1. The lowest BCUT2D eigenvalue weighted by atomic mass is 9.83. The highest BCUT2D eigenvalue weighted by atomic mass is 35.5. The van der Waals surface area contributed by atoms with Crippen LogP contribution in [0.2, 0.25) is 10.0 Å². The van der Waals surface area contributed by atoms with E-state index in [0.717, 1.165) is 25.7 Å². The minimum absolute atomic E-state index is 0.120. The van der Waals surface area contributed by atoms with Crippen LogP contribution in [0.25, 0.3) is 10.9 Å². The molecule has 1 aromatic heterocycles. The lowest BCUT2D eigenvalue weighted by molar-refractivity contribution is 0.154. The van der Waals surface area contributed by atoms with Crippen LogP contribution in [0, 0.1) is 12.7 Å². The molecule has 3 nitrogen and oxygen atoms in total. The fourth-order valence-electron chi connectivity index (χ4n) is 4.54. The van der Waals surface area contributed by atoms with Gasteiger partial charge in [0.25, 0.3) is 0 Å². The van der Waals surface area contributed by atoms with Crippen LogP contribution in [0.3, 0.4) is 0 Å². The Morgan fingerprint density at radius 3 is 2.44 bits per heavy atom. The van der Waals surface area contributed by atoms with Gasteiger partial charge in [-0.3, -0.25) is 4.98 Å². The van der Waals surface area contributed by atoms with Crippen LogP contribution in [0.4, 0.5) is 4.39 Å². The molecule has 1 aliphatic carbocycles. The molecule has 2 heterocycles. The van der Waals surface area contributed by atoms with Crippen molar-refractivity contribution in [1.82, 2.24) is 4.98 Å². The van der Waals surface area contributed by atoms with E-state index in [4.69, 9.17) is 27.9 Å². The fourth-order valence-corrected chi connectivity index (χ4v) is 8.04. The molecule has 2 aromatic rings. The average molecular weight is 430 g/mol. The first-order valence-corrected chi connectivity index (χ1v) is 12.4. The third kappa shape index (κ3) is 3.67. The second kappa shape index (κ2) is 7.63. The molecule has 0 radical (unpaired) electrons. The molecule has 2 fully saturated rings. The Hall–Kier alpha value is -0.670. The highest BCUT2D eigenvalue weighted by molar-refractivity contribution is 7.64. The lowest BCUT2D eigenvalue weighted by Crippen LogP contribution is -2.26. The molecule has 0 amide bonds. The van der Waals surface area contributed by atoms with E-state index in [1.807, 2.05) is 6.07 Å². The van der Waals surface area contributed by atoms with Crippen molar-refractivity contribution in [2.24, 2.45) is 0 Å². The standard InChI is InChI=1S/C20H23Cl2FNO2P/c1-12-19(21)20(22)16-10-15(17(23)11-18(16)24-12)13-2-4-14(5-3-13)27(25)8-6-26-7-9-27/h10-11,13-14H,2-9H2,1H3. The number of pyridine rings is 1. The van der Waals surface area contributed by atoms with Gasteiger partial charge in [-0.2, -0.15) is 0 Å². The zero-order valence-electron chi connectivity index (χ0n) is 15.3. The van der Waals surface area contributed by atoms with Gasteiger partial charge < -0.3 is 9.30 Å². The van der Waals surface area contributed by atoms with Crippen LogP contribution in [0.1, 0.15) is 42.9 Å². The van der Waals surface area contributed by atoms with Gasteiger partial charge in [-0.05, 0) is 50.2 Å². The average Bonchev–Trinajstić information content (AvgIpc) is 2.67. The molecule has 2 aliphatic rings. The molecule has 1 saturated carbocycles. The van der Waals surface area contributed by atoms with Gasteiger partial charge in [-0.25, -0.2) is 4.39 Å². The molecule has 4 rings (SSSR count). The predicted octanol–water partition coefficient (Wildman–Crippen LogP) is 6.41. The largest absolute Gasteiger partial charge is 0.380 e. The molecule has 7 heteroatoms. The van der Waals surface area contributed by atoms with Crippen LogP contribution < -0.4 is 0 Å². The summed E-state index contributed by atoms with van der Waals surface area (Å²) in [4.78, 5) is 4.36. The quantitative estimate of drug-likeness (QED) is 0.517. The number of halogens is 3. The Balaban J connectivity index is 1.58. The summed E-state index contributed by atoms with van der Waals surface area (Å²) >= 11 is 12.6. The summed E-state index contributed by atoms with van der Waals surface area (Å²) in [6.45, 7) is 2.99. The van der Waals surface area contributed by atoms with Crippen molar-refractivity contribution in [3.8, 4) is 0 Å². The summed E-state index contributed by atoms with van der Waals surface area (Å²) in [6.07, 6.45) is 4.88. The van der Waals surface area contributed by atoms with Crippen molar-refractivity contribution >= 4 is 41.2 Å². The Morgan fingerprint density at radius 1 is 1.11 bits per heavy atom. The van der Waals surface area contributed by atoms with E-state index >= 15 is 0 Å². The van der Waals surface area contributed by atoms with Crippen LogP contribution in [0.5, 0.6) is 0 Å². The van der Waals surface area contributed by atoms with Crippen molar-refractivity contribution in [2.45, 2.75) is 44.2 Å². The van der Waals surface area contributed by atoms with Crippen molar-refractivity contribution in [3.05, 3.63) is 39.3 Å². The Labute approximate surface area is 169 Å². The van der Waals surface area contributed by atoms with Crippen molar-refractivity contribution in [1.29, 1.82) is 0 Å². The zero-order valence-corrected chi connectivity index (χ0v) is 17.7. The maximum absolute atomic E-state index is 14.8. The summed E-state index contributed by atoms with van der Waals surface area (Å²) in [5.41, 5.74) is 2.07. The molecule has 0 bridgehead atoms. The van der Waals surface area contributed by atoms with E-state index in [9.17, 15) is 8.96 Å². The van der Waals surface area contributed by atoms with Gasteiger partial charge in [0.05, 0.1) is 41.6 Å². The van der Waals surface area contributed by atoms with Crippen molar-refractivity contribution < 1.29 is 13.7 Å². The third-order valence-corrected chi connectivity index (χ3v) is 10.9. The fraction of sp³-hybridized carbons (Fsp3) is 0.550. The molecular weight excluding hydrogens is 407 g/mol. The van der Waals surface area contributed by atoms with Gasteiger partial charge in [0.15, 0.2) is 0 Å². The summed E-state index contributed by atoms with van der Waals surface area (Å²) in [5, 5.41) is 1.55. The summed E-state index contributed by atoms with van der Waals surface area (Å²) in [7, 11) is -2.15. The van der Waals surface area contributed by atoms with E-state index in [1.54, 1.807) is 6.92 Å². The second-order valence-corrected chi connectivity index (χ2v) is 12.0. The smallest absolute Gasteiger partial charge is 0.128 e. The summed E-state index contributed by atoms with van der Waals surface area (Å²) < 4.78 is 33.4. The van der Waals surface area contributed by atoms with Crippen LogP contribution >= 0.6 is 30.3 Å². The number of benzene rings is 1. The maximum Gasteiger partial charge on any atom is 0.128 e. The molecule has 1 aliphatic heterocycles. The van der Waals surface area contributed by atoms with Gasteiger partial charge in [-0.1, -0.05) is 23.2 Å². The molecular formula is C20H23Cl2FNO2P. The highest BCUT2D eigenvalue weighted by Gasteiger charge is 2.37. The molecule has 1 saturated heterocycles. The number of hydrogen-bond donors (Lipinski definition) is 0. The first kappa shape index (κ1) is 19.6. The number of aromatic nitrogens is 1. The number of aryl methyl sites for hydroxylation is 1. The zero-order chi connectivity index (χ0) is 19.2. The molecule has 0 N–H and O–H groups in total. The number of nitrogens with zero attached hydrogens (tertiary/aromatic N) is 1. The van der Waals surface area contributed by atoms with Crippen LogP contribution in [-0.4, -0.2) is 36.2 Å². The first-order chi connectivity index (χ1) is 12.9. The molecule has 146 valence electrons. The molecule has 27 heavy (non-hydrogen) atoms. The van der Waals surface area contributed by atoms with Gasteiger partial charge in [0.2, 0.25) is 0 Å². The van der Waals surface area contributed by atoms with Crippen molar-refractivity contribution in [2.75, 3.05) is 25.5 Å². The van der Waals surface area contributed by atoms with E-state index in [-0.39, 0.29) is 17.4 Å². The number of hydrogen-bond acceptors (Lipinski definition) is 3. The summed E-state index contributed by atoms with van der Waals surface area (Å²) in [6, 6.07) is 3.28. The Morgan fingerprint density at radius 2 is 1.78 bits per heavy atom. The minimum atomic E-state index is -2.15. The van der Waals surface area contributed by atoms with Crippen LogP contribution in [-0.2, 0) is 9.30 Å². The molecule has 0 atom stereocenters. The molecule has 0 unspecified atom stereocenters. The molecule has 1 aromatic carbocycles. The highest BCUT2D eigenvalue weighted by Crippen LogP contribution is 2.57. The normalized spacial score (nSPS) is 25.6. The Bertz CT molecular complexity index is 918. The molecule has 0 spiro atoms. The topological polar surface area (TPSA) is 39.2 Å². The monoisotopic (exact) mass is 429 g/mol. The van der Waals surface area contributed by atoms with Gasteiger partial charge in [-0.15, -0.1) is 0 Å². The number of ether oxygens (including phenoxy) is 1. The van der Waals surface area contributed by atoms with E-state index in [1.165, 1.54) is 6.07 Å². The summed E-state index contributed by atoms with van der Waals surface area (Å²) in [5.74, 6) is -0.122. The second-order valence-electron chi connectivity index (χ2n) is 7.73. The van der Waals surface area contributed by atoms with E-state index in [0.29, 0.717) is 57.7 Å². The lowest BCUT2D eigenvalue weighted by Gasteiger charge is -2.36. The SMILES string of the molecule is Cc1nc2cc(F)c(C3CCC(P4(=O)CCOCC4)CC3)cc2c(Cl)c1Cl. The van der Waals surface area contributed by atoms with Gasteiger partial charge in [0, 0.05) is 29.4 Å².